The Balaban J connectivity index is 2.64. The van der Waals surface area contributed by atoms with E-state index in [9.17, 15) is 9.18 Å². The Bertz CT molecular complexity index is 446. The van der Waals surface area contributed by atoms with Crippen LogP contribution in [0.1, 0.15) is 19.4 Å². The Hall–Kier alpha value is -1.75. The van der Waals surface area contributed by atoms with Gasteiger partial charge in [-0.15, -0.1) is 0 Å². The highest BCUT2D eigenvalue weighted by atomic mass is 19.1. The largest absolute Gasteiger partial charge is 0.465 e. The van der Waals surface area contributed by atoms with E-state index < -0.39 is 12.0 Å². The van der Waals surface area contributed by atoms with Crippen LogP contribution in [0.4, 0.5) is 4.39 Å². The fourth-order valence-corrected chi connectivity index (χ4v) is 1.35. The third kappa shape index (κ3) is 4.25. The molecule has 0 bridgehead atoms. The molecule has 1 unspecified atom stereocenters. The molecule has 18 heavy (non-hydrogen) atoms. The number of rotatable bonds is 5. The monoisotopic (exact) mass is 252 g/mol. The van der Waals surface area contributed by atoms with Crippen molar-refractivity contribution in [1.82, 2.24) is 0 Å². The van der Waals surface area contributed by atoms with E-state index in [0.717, 1.165) is 5.56 Å². The summed E-state index contributed by atoms with van der Waals surface area (Å²) in [6.07, 6.45) is 0. The molecule has 2 N–H and O–H groups in total. The summed E-state index contributed by atoms with van der Waals surface area (Å²) in [5.74, 6) is -0.812. The second kappa shape index (κ2) is 6.86. The summed E-state index contributed by atoms with van der Waals surface area (Å²) in [6, 6.07) is 5.27. The molecule has 0 aliphatic carbocycles. The van der Waals surface area contributed by atoms with Crippen molar-refractivity contribution in [2.45, 2.75) is 26.4 Å². The zero-order valence-corrected chi connectivity index (χ0v) is 10.5. The number of halogens is 1. The fraction of sp³-hybridized carbons (Fsp3) is 0.385. The molecule has 0 saturated carbocycles. The zero-order chi connectivity index (χ0) is 13.5. The summed E-state index contributed by atoms with van der Waals surface area (Å²) < 4.78 is 17.7. The predicted octanol–water partition coefficient (Wildman–Crippen LogP) is 1.68. The van der Waals surface area contributed by atoms with Gasteiger partial charge in [0.15, 0.2) is 0 Å². The van der Waals surface area contributed by atoms with Crippen LogP contribution in [-0.4, -0.2) is 24.3 Å². The summed E-state index contributed by atoms with van der Waals surface area (Å²) in [5.41, 5.74) is 6.86. The van der Waals surface area contributed by atoms with Crippen LogP contribution in [0.5, 0.6) is 0 Å². The smallest absolute Gasteiger partial charge is 0.328 e. The molecule has 98 valence electrons. The van der Waals surface area contributed by atoms with Gasteiger partial charge >= 0.3 is 5.97 Å². The summed E-state index contributed by atoms with van der Waals surface area (Å²) >= 11 is 0. The maximum absolute atomic E-state index is 12.9. The van der Waals surface area contributed by atoms with Crippen LogP contribution in [0.25, 0.3) is 0 Å². The molecule has 1 rings (SSSR count). The second-order valence-corrected chi connectivity index (χ2v) is 3.82. The Morgan fingerprint density at radius 2 is 2.28 bits per heavy atom. The van der Waals surface area contributed by atoms with Gasteiger partial charge in [-0.25, -0.2) is 9.18 Å². The number of benzene rings is 1. The molecule has 1 atom stereocenters. The topological polar surface area (TPSA) is 64.7 Å². The Morgan fingerprint density at radius 3 is 2.89 bits per heavy atom. The first-order chi connectivity index (χ1) is 8.54. The maximum atomic E-state index is 12.9. The third-order valence-corrected chi connectivity index (χ3v) is 2.39. The van der Waals surface area contributed by atoms with Gasteiger partial charge in [-0.1, -0.05) is 12.1 Å². The molecule has 0 spiro atoms. The maximum Gasteiger partial charge on any atom is 0.328 e. The average molecular weight is 252 g/mol. The normalized spacial score (nSPS) is 13.2. The van der Waals surface area contributed by atoms with Crippen molar-refractivity contribution in [2.24, 2.45) is 10.7 Å². The van der Waals surface area contributed by atoms with Gasteiger partial charge in [-0.05, 0) is 31.5 Å². The molecule has 0 aliphatic heterocycles. The van der Waals surface area contributed by atoms with Crippen molar-refractivity contribution < 1.29 is 13.9 Å². The van der Waals surface area contributed by atoms with E-state index in [-0.39, 0.29) is 19.0 Å². The highest BCUT2D eigenvalue weighted by Crippen LogP contribution is 2.05. The number of hydrogen-bond acceptors (Lipinski definition) is 4. The second-order valence-electron chi connectivity index (χ2n) is 3.82. The van der Waals surface area contributed by atoms with Gasteiger partial charge in [0.1, 0.15) is 11.9 Å². The van der Waals surface area contributed by atoms with Gasteiger partial charge in [-0.2, -0.15) is 0 Å². The lowest BCUT2D eigenvalue weighted by Crippen LogP contribution is -2.38. The molecule has 5 heteroatoms. The first-order valence-electron chi connectivity index (χ1n) is 5.72. The number of ether oxygens (including phenoxy) is 1. The number of nitrogens with zero attached hydrogens (tertiary/aromatic N) is 1. The van der Waals surface area contributed by atoms with Gasteiger partial charge in [0.05, 0.1) is 13.2 Å². The number of hydrogen-bond donors (Lipinski definition) is 1. The predicted molar refractivity (Wildman–Crippen MR) is 67.8 cm³/mol. The van der Waals surface area contributed by atoms with Crippen molar-refractivity contribution in [1.29, 1.82) is 0 Å². The third-order valence-electron chi connectivity index (χ3n) is 2.39. The average Bonchev–Trinajstić information content (AvgIpc) is 2.35. The van der Waals surface area contributed by atoms with Crippen LogP contribution in [0.2, 0.25) is 0 Å². The lowest BCUT2D eigenvalue weighted by molar-refractivity contribution is -0.142. The van der Waals surface area contributed by atoms with E-state index in [1.807, 2.05) is 0 Å². The molecule has 1 aromatic carbocycles. The van der Waals surface area contributed by atoms with E-state index in [0.29, 0.717) is 5.71 Å². The summed E-state index contributed by atoms with van der Waals surface area (Å²) in [4.78, 5) is 15.5. The van der Waals surface area contributed by atoms with Crippen LogP contribution in [0.3, 0.4) is 0 Å². The number of carbonyl (C=O) groups excluding carboxylic acids is 1. The Kier molecular flexibility index (Phi) is 5.45. The molecule has 1 aromatic rings. The first kappa shape index (κ1) is 14.3. The standard InChI is InChI=1S/C13H17FN2O2/c1-3-18-13(17)12(15)9(2)16-8-10-5-4-6-11(14)7-10/h4-7,12H,3,8,15H2,1-2H3. The lowest BCUT2D eigenvalue weighted by atomic mass is 10.2. The minimum absolute atomic E-state index is 0.281. The Morgan fingerprint density at radius 1 is 1.56 bits per heavy atom. The highest BCUT2D eigenvalue weighted by Gasteiger charge is 2.17. The number of carbonyl (C=O) groups is 1. The minimum Gasteiger partial charge on any atom is -0.465 e. The lowest BCUT2D eigenvalue weighted by Gasteiger charge is -2.10. The molecule has 4 nitrogen and oxygen atoms in total. The molecule has 0 aliphatic rings. The molecule has 0 fully saturated rings. The van der Waals surface area contributed by atoms with Crippen LogP contribution in [-0.2, 0) is 16.1 Å². The van der Waals surface area contributed by atoms with Crippen LogP contribution in [0.15, 0.2) is 29.3 Å². The SMILES string of the molecule is CCOC(=O)C(N)C(C)=NCc1cccc(F)c1. The number of nitrogens with two attached hydrogens (primary N) is 1. The molecule has 0 aromatic heterocycles. The summed E-state index contributed by atoms with van der Waals surface area (Å²) in [7, 11) is 0. The van der Waals surface area contributed by atoms with Gasteiger partial charge in [0, 0.05) is 5.71 Å². The van der Waals surface area contributed by atoms with Crippen molar-refractivity contribution in [3.63, 3.8) is 0 Å². The molecule has 0 radical (unpaired) electrons. The molecule has 0 heterocycles. The first-order valence-corrected chi connectivity index (χ1v) is 5.72. The van der Waals surface area contributed by atoms with Crippen molar-refractivity contribution in [3.05, 3.63) is 35.6 Å². The highest BCUT2D eigenvalue weighted by molar-refractivity contribution is 6.04. The van der Waals surface area contributed by atoms with Gasteiger partial charge in [0.25, 0.3) is 0 Å². The van der Waals surface area contributed by atoms with E-state index in [1.165, 1.54) is 12.1 Å². The quantitative estimate of drug-likeness (QED) is 0.640. The van der Waals surface area contributed by atoms with Crippen LogP contribution in [0, 0.1) is 5.82 Å². The van der Waals surface area contributed by atoms with Crippen molar-refractivity contribution >= 4 is 11.7 Å². The van der Waals surface area contributed by atoms with Crippen molar-refractivity contribution in [3.8, 4) is 0 Å². The zero-order valence-electron chi connectivity index (χ0n) is 10.5. The Labute approximate surface area is 106 Å². The van der Waals surface area contributed by atoms with Gasteiger partial charge in [0.2, 0.25) is 0 Å². The van der Waals surface area contributed by atoms with E-state index in [2.05, 4.69) is 4.99 Å². The molecular formula is C13H17FN2O2. The van der Waals surface area contributed by atoms with E-state index in [4.69, 9.17) is 10.5 Å². The number of aliphatic imine (C=N–C) groups is 1. The molecule has 0 amide bonds. The van der Waals surface area contributed by atoms with Crippen LogP contribution < -0.4 is 5.73 Å². The van der Waals surface area contributed by atoms with E-state index >= 15 is 0 Å². The molecular weight excluding hydrogens is 235 g/mol. The fourth-order valence-electron chi connectivity index (χ4n) is 1.35. The summed E-state index contributed by atoms with van der Waals surface area (Å²) in [5, 5.41) is 0. The van der Waals surface area contributed by atoms with Crippen LogP contribution >= 0.6 is 0 Å². The summed E-state index contributed by atoms with van der Waals surface area (Å²) in [6.45, 7) is 3.94. The molecule has 0 saturated heterocycles. The van der Waals surface area contributed by atoms with Gasteiger partial charge < -0.3 is 10.5 Å². The minimum atomic E-state index is -0.862. The van der Waals surface area contributed by atoms with Gasteiger partial charge in [-0.3, -0.25) is 4.99 Å². The van der Waals surface area contributed by atoms with E-state index in [1.54, 1.807) is 26.0 Å². The van der Waals surface area contributed by atoms with Crippen molar-refractivity contribution in [2.75, 3.05) is 6.61 Å². The number of esters is 1.